The number of carbonyl (C=O) groups is 3. The van der Waals surface area contributed by atoms with Crippen molar-refractivity contribution in [2.45, 2.75) is 13.8 Å². The molecule has 0 aliphatic carbocycles. The maximum absolute atomic E-state index is 12.7. The number of hydrogen-bond donors (Lipinski definition) is 3. The summed E-state index contributed by atoms with van der Waals surface area (Å²) in [6.45, 7) is 3.58. The van der Waals surface area contributed by atoms with Gasteiger partial charge in [-0.25, -0.2) is 9.79 Å². The molecule has 0 atom stereocenters. The summed E-state index contributed by atoms with van der Waals surface area (Å²) in [5.41, 5.74) is 3.98. The molecule has 0 radical (unpaired) electrons. The van der Waals surface area contributed by atoms with Crippen molar-refractivity contribution in [1.29, 1.82) is 0 Å². The number of aromatic hydroxyl groups is 1. The van der Waals surface area contributed by atoms with E-state index in [0.717, 1.165) is 5.56 Å². The van der Waals surface area contributed by atoms with Crippen molar-refractivity contribution in [3.63, 3.8) is 0 Å². The van der Waals surface area contributed by atoms with Crippen LogP contribution in [0.15, 0.2) is 71.7 Å². The number of carbonyl (C=O) groups excluding carboxylic acids is 3. The Hall–Kier alpha value is -4.96. The Morgan fingerprint density at radius 1 is 0.976 bits per heavy atom. The van der Waals surface area contributed by atoms with E-state index in [1.807, 2.05) is 30.3 Å². The molecule has 3 aromatic carbocycles. The lowest BCUT2D eigenvalue weighted by Gasteiger charge is -2.23. The van der Waals surface area contributed by atoms with E-state index >= 15 is 0 Å². The fourth-order valence-electron chi connectivity index (χ4n) is 4.44. The Morgan fingerprint density at radius 2 is 1.71 bits per heavy atom. The summed E-state index contributed by atoms with van der Waals surface area (Å²) in [6, 6.07) is 19.5. The van der Waals surface area contributed by atoms with E-state index in [0.29, 0.717) is 44.8 Å². The molecule has 4 aromatic rings. The smallest absolute Gasteiger partial charge is 0.338 e. The summed E-state index contributed by atoms with van der Waals surface area (Å²) in [5.74, 6) is -1.01. The van der Waals surface area contributed by atoms with Crippen LogP contribution in [0.3, 0.4) is 0 Å². The quantitative estimate of drug-likeness (QED) is 0.203. The first-order chi connectivity index (χ1) is 19.6. The molecule has 0 aliphatic heterocycles. The first-order valence-electron chi connectivity index (χ1n) is 13.1. The van der Waals surface area contributed by atoms with Gasteiger partial charge >= 0.3 is 5.97 Å². The monoisotopic (exact) mass is 555 g/mol. The van der Waals surface area contributed by atoms with Crippen LogP contribution in [0, 0.1) is 0 Å². The second-order valence-corrected chi connectivity index (χ2v) is 9.73. The Labute approximate surface area is 238 Å². The van der Waals surface area contributed by atoms with Crippen molar-refractivity contribution in [3.8, 4) is 5.88 Å². The lowest BCUT2D eigenvalue weighted by molar-refractivity contribution is -0.119. The summed E-state index contributed by atoms with van der Waals surface area (Å²) in [5, 5.41) is 14.5. The van der Waals surface area contributed by atoms with E-state index in [1.54, 1.807) is 69.4 Å². The maximum atomic E-state index is 12.7. The second-order valence-electron chi connectivity index (χ2n) is 9.73. The van der Waals surface area contributed by atoms with Gasteiger partial charge in [-0.15, -0.1) is 0 Å². The number of rotatable bonds is 9. The highest BCUT2D eigenvalue weighted by Gasteiger charge is 2.21. The third kappa shape index (κ3) is 6.62. The van der Waals surface area contributed by atoms with Crippen molar-refractivity contribution < 1.29 is 24.2 Å². The third-order valence-corrected chi connectivity index (χ3v) is 6.29. The van der Waals surface area contributed by atoms with Gasteiger partial charge in [0.15, 0.2) is 5.88 Å². The van der Waals surface area contributed by atoms with Crippen LogP contribution in [0.5, 0.6) is 5.88 Å². The van der Waals surface area contributed by atoms with Gasteiger partial charge in [-0.05, 0) is 51.4 Å². The zero-order valence-electron chi connectivity index (χ0n) is 23.7. The van der Waals surface area contributed by atoms with Gasteiger partial charge in [-0.3, -0.25) is 9.59 Å². The number of aliphatic imine (C=N–C) groups is 1. The Morgan fingerprint density at radius 3 is 2.37 bits per heavy atom. The molecule has 10 nitrogen and oxygen atoms in total. The number of aromatic amines is 1. The van der Waals surface area contributed by atoms with E-state index in [9.17, 15) is 19.5 Å². The second kappa shape index (κ2) is 12.5. The van der Waals surface area contributed by atoms with E-state index in [-0.39, 0.29) is 30.8 Å². The lowest BCUT2D eigenvalue weighted by Crippen LogP contribution is -2.35. The topological polar surface area (TPSA) is 127 Å². The number of H-pyrrole nitrogens is 1. The molecule has 3 N–H and O–H groups in total. The largest absolute Gasteiger partial charge is 0.494 e. The average Bonchev–Trinajstić information content (AvgIpc) is 3.26. The molecule has 2 amide bonds. The van der Waals surface area contributed by atoms with E-state index in [2.05, 4.69) is 10.3 Å². The van der Waals surface area contributed by atoms with Crippen LogP contribution < -0.4 is 10.2 Å². The van der Waals surface area contributed by atoms with E-state index in [4.69, 9.17) is 9.73 Å². The number of benzene rings is 3. The van der Waals surface area contributed by atoms with Gasteiger partial charge in [-0.2, -0.15) is 0 Å². The Kier molecular flexibility index (Phi) is 8.84. The summed E-state index contributed by atoms with van der Waals surface area (Å²) in [4.78, 5) is 48.2. The number of likely N-dealkylation sites (N-methyl/N-ethyl adjacent to an activating group) is 2. The van der Waals surface area contributed by atoms with Crippen molar-refractivity contribution in [2.24, 2.45) is 4.99 Å². The average molecular weight is 556 g/mol. The molecule has 0 saturated heterocycles. The van der Waals surface area contributed by atoms with Crippen molar-refractivity contribution in [1.82, 2.24) is 9.88 Å². The highest BCUT2D eigenvalue weighted by molar-refractivity contribution is 6.22. The number of esters is 1. The fourth-order valence-corrected chi connectivity index (χ4v) is 4.44. The molecule has 1 heterocycles. The first kappa shape index (κ1) is 29.0. The van der Waals surface area contributed by atoms with Crippen molar-refractivity contribution >= 4 is 51.5 Å². The minimum atomic E-state index is -0.457. The van der Waals surface area contributed by atoms with Crippen LogP contribution in [0.2, 0.25) is 0 Å². The predicted octanol–water partition coefficient (Wildman–Crippen LogP) is 4.70. The van der Waals surface area contributed by atoms with Crippen LogP contribution in [0.1, 0.15) is 35.3 Å². The molecule has 0 fully saturated rings. The van der Waals surface area contributed by atoms with Crippen molar-refractivity contribution in [3.05, 3.63) is 83.4 Å². The molecular weight excluding hydrogens is 522 g/mol. The summed E-state index contributed by atoms with van der Waals surface area (Å²) in [6.07, 6.45) is 0. The molecule has 41 heavy (non-hydrogen) atoms. The van der Waals surface area contributed by atoms with Gasteiger partial charge in [0.25, 0.3) is 0 Å². The fraction of sp³-hybridized carbons (Fsp3) is 0.226. The molecule has 0 aliphatic rings. The first-order valence-corrected chi connectivity index (χ1v) is 13.1. The molecule has 1 aromatic heterocycles. The summed E-state index contributed by atoms with van der Waals surface area (Å²) in [7, 11) is 5.27. The standard InChI is InChI=1S/C31H33N5O5/c1-6-41-31(40)21-12-14-23-24(16-21)34-30(39)28(23)29(20-10-8-7-9-11-20)33-22-13-15-26(25(17-22)32-19(2)37)36(5)27(38)18-35(3)4/h7-17,34,39H,6,18H2,1-5H3,(H,32,37). The summed E-state index contributed by atoms with van der Waals surface area (Å²) >= 11 is 0. The zero-order chi connectivity index (χ0) is 29.7. The van der Waals surface area contributed by atoms with Crippen LogP contribution in [-0.2, 0) is 14.3 Å². The third-order valence-electron chi connectivity index (χ3n) is 6.29. The van der Waals surface area contributed by atoms with Gasteiger partial charge in [0.2, 0.25) is 11.8 Å². The SMILES string of the molecule is CCOC(=O)c1ccc2c(C(=Nc3ccc(N(C)C(=O)CN(C)C)c(NC(C)=O)c3)c3ccccc3)c(O)[nH]c2c1. The normalized spacial score (nSPS) is 11.5. The maximum Gasteiger partial charge on any atom is 0.338 e. The van der Waals surface area contributed by atoms with Crippen molar-refractivity contribution in [2.75, 3.05) is 44.5 Å². The minimum Gasteiger partial charge on any atom is -0.494 e. The molecule has 10 heteroatoms. The zero-order valence-corrected chi connectivity index (χ0v) is 23.7. The number of nitrogens with zero attached hydrogens (tertiary/aromatic N) is 3. The van der Waals surface area contributed by atoms with Crippen LogP contribution in [-0.4, -0.2) is 72.8 Å². The van der Waals surface area contributed by atoms with Gasteiger partial charge in [-0.1, -0.05) is 36.4 Å². The molecule has 0 spiro atoms. The molecule has 4 rings (SSSR count). The van der Waals surface area contributed by atoms with E-state index < -0.39 is 5.97 Å². The lowest BCUT2D eigenvalue weighted by atomic mass is 10.00. The molecule has 0 bridgehead atoms. The van der Waals surface area contributed by atoms with Gasteiger partial charge in [0.1, 0.15) is 0 Å². The molecule has 0 unspecified atom stereocenters. The molecular formula is C31H33N5O5. The van der Waals surface area contributed by atoms with Crippen LogP contribution in [0.25, 0.3) is 10.9 Å². The molecule has 0 saturated carbocycles. The number of anilines is 2. The number of hydrogen-bond acceptors (Lipinski definition) is 7. The predicted molar refractivity (Wildman–Crippen MR) is 160 cm³/mol. The van der Waals surface area contributed by atoms with Gasteiger partial charge in [0.05, 0.1) is 47.1 Å². The highest BCUT2D eigenvalue weighted by Crippen LogP contribution is 2.35. The molecule has 212 valence electrons. The minimum absolute atomic E-state index is 0.115. The van der Waals surface area contributed by atoms with Gasteiger partial charge in [0, 0.05) is 30.4 Å². The number of fused-ring (bicyclic) bond motifs is 1. The highest BCUT2D eigenvalue weighted by atomic mass is 16.5. The summed E-state index contributed by atoms with van der Waals surface area (Å²) < 4.78 is 5.11. The Balaban J connectivity index is 1.86. The number of ether oxygens (including phenoxy) is 1. The van der Waals surface area contributed by atoms with Crippen LogP contribution >= 0.6 is 0 Å². The van der Waals surface area contributed by atoms with E-state index in [1.165, 1.54) is 11.8 Å². The van der Waals surface area contributed by atoms with Gasteiger partial charge < -0.3 is 29.9 Å². The van der Waals surface area contributed by atoms with Crippen LogP contribution in [0.4, 0.5) is 17.1 Å². The number of nitrogens with one attached hydrogen (secondary N) is 2. The Bertz CT molecular complexity index is 1620. The number of amides is 2. The number of aromatic nitrogens is 1.